The van der Waals surface area contributed by atoms with E-state index in [1.165, 1.54) is 0 Å². The van der Waals surface area contributed by atoms with Crippen molar-refractivity contribution in [2.75, 3.05) is 11.9 Å². The monoisotopic (exact) mass is 256 g/mol. The number of aromatic nitrogens is 3. The van der Waals surface area contributed by atoms with Crippen LogP contribution in [-0.2, 0) is 5.41 Å². The average Bonchev–Trinajstić information content (AvgIpc) is 2.39. The SMILES string of the molecule is CCNc1cc(C(C)(C)C)nc(-c2ccccn2)n1. The van der Waals surface area contributed by atoms with E-state index in [9.17, 15) is 0 Å². The predicted octanol–water partition coefficient (Wildman–Crippen LogP) is 3.27. The van der Waals surface area contributed by atoms with Gasteiger partial charge in [-0.15, -0.1) is 0 Å². The zero-order valence-electron chi connectivity index (χ0n) is 11.9. The van der Waals surface area contributed by atoms with E-state index < -0.39 is 0 Å². The molecule has 0 radical (unpaired) electrons. The lowest BCUT2D eigenvalue weighted by Crippen LogP contribution is -2.16. The molecule has 2 rings (SSSR count). The summed E-state index contributed by atoms with van der Waals surface area (Å²) in [6.45, 7) is 9.33. The van der Waals surface area contributed by atoms with E-state index in [0.717, 1.165) is 23.8 Å². The minimum absolute atomic E-state index is 0.0172. The third kappa shape index (κ3) is 3.28. The van der Waals surface area contributed by atoms with Crippen molar-refractivity contribution in [3.63, 3.8) is 0 Å². The Kier molecular flexibility index (Phi) is 3.79. The van der Waals surface area contributed by atoms with Crippen LogP contribution < -0.4 is 5.32 Å². The molecule has 0 unspecified atom stereocenters. The maximum Gasteiger partial charge on any atom is 0.180 e. The maximum absolute atomic E-state index is 4.64. The first-order chi connectivity index (χ1) is 9.00. The van der Waals surface area contributed by atoms with Crippen molar-refractivity contribution in [2.45, 2.75) is 33.1 Å². The lowest BCUT2D eigenvalue weighted by atomic mass is 9.92. The molecule has 2 aromatic heterocycles. The van der Waals surface area contributed by atoms with Crippen molar-refractivity contribution in [2.24, 2.45) is 0 Å². The molecule has 0 amide bonds. The van der Waals surface area contributed by atoms with Crippen LogP contribution in [-0.4, -0.2) is 21.5 Å². The van der Waals surface area contributed by atoms with E-state index in [2.05, 4.69) is 48.0 Å². The van der Waals surface area contributed by atoms with Gasteiger partial charge < -0.3 is 5.32 Å². The topological polar surface area (TPSA) is 50.7 Å². The normalized spacial score (nSPS) is 11.4. The molecule has 2 heterocycles. The molecule has 0 aromatic carbocycles. The molecule has 0 aliphatic heterocycles. The summed E-state index contributed by atoms with van der Waals surface area (Å²) < 4.78 is 0. The number of anilines is 1. The number of nitrogens with one attached hydrogen (secondary N) is 1. The van der Waals surface area contributed by atoms with Gasteiger partial charge in [-0.05, 0) is 19.1 Å². The van der Waals surface area contributed by atoms with Gasteiger partial charge in [0.25, 0.3) is 0 Å². The zero-order valence-corrected chi connectivity index (χ0v) is 11.9. The van der Waals surface area contributed by atoms with Crippen molar-refractivity contribution < 1.29 is 0 Å². The molecule has 0 aliphatic rings. The van der Waals surface area contributed by atoms with Crippen LogP contribution >= 0.6 is 0 Å². The molecular formula is C15H20N4. The van der Waals surface area contributed by atoms with E-state index in [0.29, 0.717) is 5.82 Å². The Hall–Kier alpha value is -1.97. The van der Waals surface area contributed by atoms with Gasteiger partial charge >= 0.3 is 0 Å². The zero-order chi connectivity index (χ0) is 13.9. The second kappa shape index (κ2) is 5.34. The van der Waals surface area contributed by atoms with Gasteiger partial charge in [-0.2, -0.15) is 0 Å². The smallest absolute Gasteiger partial charge is 0.180 e. The van der Waals surface area contributed by atoms with Crippen LogP contribution in [0.25, 0.3) is 11.5 Å². The Bertz CT molecular complexity index is 544. The molecule has 0 aliphatic carbocycles. The Labute approximate surface area is 114 Å². The summed E-state index contributed by atoms with van der Waals surface area (Å²) in [5.41, 5.74) is 1.79. The van der Waals surface area contributed by atoms with E-state index >= 15 is 0 Å². The average molecular weight is 256 g/mol. The largest absolute Gasteiger partial charge is 0.370 e. The highest BCUT2D eigenvalue weighted by Gasteiger charge is 2.18. The van der Waals surface area contributed by atoms with Gasteiger partial charge in [0.15, 0.2) is 5.82 Å². The van der Waals surface area contributed by atoms with Crippen LogP contribution in [0.4, 0.5) is 5.82 Å². The second-order valence-corrected chi connectivity index (χ2v) is 5.46. The quantitative estimate of drug-likeness (QED) is 0.915. The Morgan fingerprint density at radius 1 is 1.16 bits per heavy atom. The van der Waals surface area contributed by atoms with Gasteiger partial charge in [-0.1, -0.05) is 26.8 Å². The van der Waals surface area contributed by atoms with Crippen molar-refractivity contribution in [1.29, 1.82) is 0 Å². The van der Waals surface area contributed by atoms with Gasteiger partial charge in [0, 0.05) is 24.2 Å². The van der Waals surface area contributed by atoms with Crippen LogP contribution in [0, 0.1) is 0 Å². The molecule has 0 fully saturated rings. The fourth-order valence-corrected chi connectivity index (χ4v) is 1.71. The highest BCUT2D eigenvalue weighted by molar-refractivity contribution is 5.53. The summed E-state index contributed by atoms with van der Waals surface area (Å²) in [4.78, 5) is 13.5. The maximum atomic E-state index is 4.64. The van der Waals surface area contributed by atoms with E-state index in [-0.39, 0.29) is 5.41 Å². The molecule has 100 valence electrons. The summed E-state index contributed by atoms with van der Waals surface area (Å²) in [6.07, 6.45) is 1.76. The van der Waals surface area contributed by atoms with Gasteiger partial charge in [0.2, 0.25) is 0 Å². The fraction of sp³-hybridized carbons (Fsp3) is 0.400. The van der Waals surface area contributed by atoms with Gasteiger partial charge in [-0.25, -0.2) is 9.97 Å². The number of hydrogen-bond acceptors (Lipinski definition) is 4. The summed E-state index contributed by atoms with van der Waals surface area (Å²) in [7, 11) is 0. The van der Waals surface area contributed by atoms with Crippen LogP contribution in [0.3, 0.4) is 0 Å². The summed E-state index contributed by atoms with van der Waals surface area (Å²) >= 11 is 0. The first kappa shape index (κ1) is 13.5. The van der Waals surface area contributed by atoms with Crippen LogP contribution in [0.1, 0.15) is 33.4 Å². The van der Waals surface area contributed by atoms with Gasteiger partial charge in [-0.3, -0.25) is 4.98 Å². The fourth-order valence-electron chi connectivity index (χ4n) is 1.71. The van der Waals surface area contributed by atoms with E-state index in [4.69, 9.17) is 0 Å². The third-order valence-corrected chi connectivity index (χ3v) is 2.75. The predicted molar refractivity (Wildman–Crippen MR) is 78.1 cm³/mol. The molecule has 4 nitrogen and oxygen atoms in total. The lowest BCUT2D eigenvalue weighted by molar-refractivity contribution is 0.568. The van der Waals surface area contributed by atoms with Crippen LogP contribution in [0.2, 0.25) is 0 Å². The van der Waals surface area contributed by atoms with Crippen molar-refractivity contribution in [3.8, 4) is 11.5 Å². The number of pyridine rings is 1. The second-order valence-electron chi connectivity index (χ2n) is 5.46. The Morgan fingerprint density at radius 3 is 2.53 bits per heavy atom. The third-order valence-electron chi connectivity index (χ3n) is 2.75. The molecule has 1 N–H and O–H groups in total. The number of rotatable bonds is 3. The highest BCUT2D eigenvalue weighted by atomic mass is 15.0. The molecule has 0 atom stereocenters. The van der Waals surface area contributed by atoms with Crippen LogP contribution in [0.15, 0.2) is 30.5 Å². The summed E-state index contributed by atoms with van der Waals surface area (Å²) in [5.74, 6) is 1.52. The van der Waals surface area contributed by atoms with Gasteiger partial charge in [0.1, 0.15) is 11.5 Å². The van der Waals surface area contributed by atoms with Crippen LogP contribution in [0.5, 0.6) is 0 Å². The Balaban J connectivity index is 2.52. The minimum atomic E-state index is -0.0172. The summed E-state index contributed by atoms with van der Waals surface area (Å²) in [5, 5.41) is 3.25. The van der Waals surface area contributed by atoms with E-state index in [1.54, 1.807) is 6.20 Å². The molecule has 0 saturated carbocycles. The Morgan fingerprint density at radius 2 is 1.95 bits per heavy atom. The number of nitrogens with zero attached hydrogens (tertiary/aromatic N) is 3. The minimum Gasteiger partial charge on any atom is -0.370 e. The standard InChI is InChI=1S/C15H20N4/c1-5-16-13-10-12(15(2,3)4)18-14(19-13)11-8-6-7-9-17-11/h6-10H,5H2,1-4H3,(H,16,18,19). The van der Waals surface area contributed by atoms with Crippen molar-refractivity contribution in [1.82, 2.24) is 15.0 Å². The first-order valence-corrected chi connectivity index (χ1v) is 6.55. The lowest BCUT2D eigenvalue weighted by Gasteiger charge is -2.19. The molecule has 4 heteroatoms. The van der Waals surface area contributed by atoms with Crippen molar-refractivity contribution >= 4 is 5.82 Å². The highest BCUT2D eigenvalue weighted by Crippen LogP contribution is 2.24. The first-order valence-electron chi connectivity index (χ1n) is 6.55. The van der Waals surface area contributed by atoms with E-state index in [1.807, 2.05) is 24.3 Å². The molecule has 0 saturated heterocycles. The summed E-state index contributed by atoms with van der Waals surface area (Å²) in [6, 6.07) is 7.78. The van der Waals surface area contributed by atoms with Crippen molar-refractivity contribution in [3.05, 3.63) is 36.2 Å². The molecule has 0 bridgehead atoms. The molecule has 19 heavy (non-hydrogen) atoms. The van der Waals surface area contributed by atoms with Gasteiger partial charge in [0.05, 0.1) is 5.69 Å². The number of hydrogen-bond donors (Lipinski definition) is 1. The molecular weight excluding hydrogens is 236 g/mol. The molecule has 0 spiro atoms. The molecule has 2 aromatic rings.